The summed E-state index contributed by atoms with van der Waals surface area (Å²) in [5, 5.41) is 9.43. The van der Waals surface area contributed by atoms with Crippen molar-refractivity contribution < 1.29 is 27.8 Å². The summed E-state index contributed by atoms with van der Waals surface area (Å²) in [5.74, 6) is -0.557. The molecule has 2 heterocycles. The number of halogens is 1. The molecule has 4 unspecified atom stereocenters. The Hall–Kier alpha value is -0.410. The molecular formula is C9H14ClNO6S. The van der Waals surface area contributed by atoms with Gasteiger partial charge in [-0.05, 0) is 12.8 Å². The maximum absolute atomic E-state index is 11.9. The van der Waals surface area contributed by atoms with Crippen molar-refractivity contribution in [1.29, 1.82) is 0 Å². The summed E-state index contributed by atoms with van der Waals surface area (Å²) in [6.45, 7) is -0.206. The molecule has 2 rings (SSSR count). The van der Waals surface area contributed by atoms with Crippen LogP contribution in [0.25, 0.3) is 0 Å². The highest BCUT2D eigenvalue weighted by molar-refractivity contribution is 7.90. The zero-order valence-electron chi connectivity index (χ0n) is 9.41. The maximum Gasteiger partial charge on any atom is 0.327 e. The number of alkyl halides is 1. The van der Waals surface area contributed by atoms with E-state index in [9.17, 15) is 18.3 Å². The molecule has 18 heavy (non-hydrogen) atoms. The molecule has 2 saturated heterocycles. The van der Waals surface area contributed by atoms with E-state index in [2.05, 4.69) is 9.46 Å². The molecule has 2 fully saturated rings. The quantitative estimate of drug-likeness (QED) is 0.506. The summed E-state index contributed by atoms with van der Waals surface area (Å²) >= 11 is 5.59. The van der Waals surface area contributed by atoms with Crippen molar-refractivity contribution in [3.8, 4) is 0 Å². The van der Waals surface area contributed by atoms with Gasteiger partial charge in [0.2, 0.25) is 10.0 Å². The van der Waals surface area contributed by atoms with Gasteiger partial charge in [-0.2, -0.15) is 4.72 Å². The fourth-order valence-corrected chi connectivity index (χ4v) is 3.64. The summed E-state index contributed by atoms with van der Waals surface area (Å²) in [6, 6.07) is -1.26. The van der Waals surface area contributed by atoms with Gasteiger partial charge in [0.05, 0.1) is 6.10 Å². The number of carbonyl (C=O) groups excluding carboxylic acids is 1. The monoisotopic (exact) mass is 299 g/mol. The molecule has 0 amide bonds. The van der Waals surface area contributed by atoms with Gasteiger partial charge in [-0.3, -0.25) is 4.79 Å². The Morgan fingerprint density at radius 1 is 1.44 bits per heavy atom. The summed E-state index contributed by atoms with van der Waals surface area (Å²) in [5.41, 5.74) is -1.04. The first kappa shape index (κ1) is 14.0. The van der Waals surface area contributed by atoms with Crippen LogP contribution in [-0.2, 0) is 24.3 Å². The highest BCUT2D eigenvalue weighted by Crippen LogP contribution is 2.24. The van der Waals surface area contributed by atoms with Crippen LogP contribution in [0.1, 0.15) is 12.8 Å². The normalized spacial score (nSPS) is 36.9. The Balaban J connectivity index is 2.01. The van der Waals surface area contributed by atoms with Crippen molar-refractivity contribution in [1.82, 2.24) is 4.72 Å². The van der Waals surface area contributed by atoms with Crippen LogP contribution in [0.15, 0.2) is 0 Å². The molecule has 2 aliphatic heterocycles. The third-order valence-electron chi connectivity index (χ3n) is 2.91. The molecule has 2 aliphatic rings. The van der Waals surface area contributed by atoms with Gasteiger partial charge in [0.15, 0.2) is 5.44 Å². The first-order chi connectivity index (χ1) is 8.44. The van der Waals surface area contributed by atoms with Crippen LogP contribution in [-0.4, -0.2) is 55.7 Å². The average Bonchev–Trinajstić information content (AvgIpc) is 2.91. The maximum atomic E-state index is 11.9. The first-order valence-electron chi connectivity index (χ1n) is 5.51. The minimum Gasteiger partial charge on any atom is -0.462 e. The van der Waals surface area contributed by atoms with Crippen LogP contribution < -0.4 is 4.72 Å². The van der Waals surface area contributed by atoms with E-state index in [0.29, 0.717) is 12.8 Å². The average molecular weight is 300 g/mol. The molecule has 0 aliphatic carbocycles. The van der Waals surface area contributed by atoms with Crippen molar-refractivity contribution in [3.63, 3.8) is 0 Å². The van der Waals surface area contributed by atoms with Crippen molar-refractivity contribution in [2.45, 2.75) is 36.5 Å². The first-order valence-corrected chi connectivity index (χ1v) is 7.59. The lowest BCUT2D eigenvalue weighted by Gasteiger charge is -2.17. The van der Waals surface area contributed by atoms with E-state index in [-0.39, 0.29) is 18.6 Å². The van der Waals surface area contributed by atoms with Gasteiger partial charge in [0, 0.05) is 5.88 Å². The van der Waals surface area contributed by atoms with Gasteiger partial charge in [-0.25, -0.2) is 8.42 Å². The van der Waals surface area contributed by atoms with Crippen LogP contribution in [0.5, 0.6) is 0 Å². The smallest absolute Gasteiger partial charge is 0.327 e. The summed E-state index contributed by atoms with van der Waals surface area (Å²) < 4.78 is 35.8. The number of aliphatic hydroxyl groups is 1. The fourth-order valence-electron chi connectivity index (χ4n) is 1.90. The van der Waals surface area contributed by atoms with E-state index < -0.39 is 33.6 Å². The van der Waals surface area contributed by atoms with E-state index in [1.165, 1.54) is 0 Å². The predicted molar refractivity (Wildman–Crippen MR) is 61.4 cm³/mol. The van der Waals surface area contributed by atoms with Crippen LogP contribution in [0.4, 0.5) is 0 Å². The minimum atomic E-state index is -3.84. The van der Waals surface area contributed by atoms with Gasteiger partial charge in [0.25, 0.3) is 0 Å². The van der Waals surface area contributed by atoms with Gasteiger partial charge in [-0.1, -0.05) is 0 Å². The van der Waals surface area contributed by atoms with Crippen LogP contribution >= 0.6 is 11.6 Å². The number of hydrogen-bond acceptors (Lipinski definition) is 6. The largest absolute Gasteiger partial charge is 0.462 e. The summed E-state index contributed by atoms with van der Waals surface area (Å²) in [7, 11) is -3.84. The van der Waals surface area contributed by atoms with E-state index in [1.54, 1.807) is 0 Å². The van der Waals surface area contributed by atoms with Crippen LogP contribution in [0.3, 0.4) is 0 Å². The predicted octanol–water partition coefficient (Wildman–Crippen LogP) is -1.06. The molecule has 0 aromatic heterocycles. The molecule has 104 valence electrons. The van der Waals surface area contributed by atoms with Gasteiger partial charge in [0.1, 0.15) is 18.8 Å². The molecule has 4 atom stereocenters. The summed E-state index contributed by atoms with van der Waals surface area (Å²) in [4.78, 5) is 11.2. The lowest BCUT2D eigenvalue weighted by molar-refractivity contribution is -0.139. The van der Waals surface area contributed by atoms with Gasteiger partial charge < -0.3 is 14.6 Å². The number of esters is 1. The molecular weight excluding hydrogens is 286 g/mol. The zero-order valence-corrected chi connectivity index (χ0v) is 11.0. The zero-order chi connectivity index (χ0) is 13.3. The second kappa shape index (κ2) is 5.30. The van der Waals surface area contributed by atoms with Crippen molar-refractivity contribution >= 4 is 27.6 Å². The van der Waals surface area contributed by atoms with Crippen LogP contribution in [0, 0.1) is 0 Å². The van der Waals surface area contributed by atoms with Crippen LogP contribution in [0.2, 0.25) is 0 Å². The lowest BCUT2D eigenvalue weighted by atomic mass is 10.2. The third-order valence-corrected chi connectivity index (χ3v) is 4.88. The molecule has 0 saturated carbocycles. The number of carbonyl (C=O) groups is 1. The van der Waals surface area contributed by atoms with E-state index >= 15 is 0 Å². The minimum absolute atomic E-state index is 0.206. The number of cyclic esters (lactones) is 1. The summed E-state index contributed by atoms with van der Waals surface area (Å²) in [6.07, 6.45) is -0.608. The Morgan fingerprint density at radius 3 is 2.67 bits per heavy atom. The molecule has 9 heteroatoms. The second-order valence-electron chi connectivity index (χ2n) is 4.26. The Kier molecular flexibility index (Phi) is 4.12. The SMILES string of the molecule is O=C1OCC(O)C1NS(=O)(=O)C1CCC(CCl)O1. The molecule has 0 radical (unpaired) electrons. The number of nitrogens with one attached hydrogen (secondary N) is 1. The van der Waals surface area contributed by atoms with E-state index in [4.69, 9.17) is 16.3 Å². The number of sulfonamides is 1. The number of hydrogen-bond donors (Lipinski definition) is 2. The van der Waals surface area contributed by atoms with E-state index in [0.717, 1.165) is 0 Å². The highest BCUT2D eigenvalue weighted by atomic mass is 35.5. The van der Waals surface area contributed by atoms with Gasteiger partial charge >= 0.3 is 5.97 Å². The molecule has 0 aromatic carbocycles. The van der Waals surface area contributed by atoms with Crippen molar-refractivity contribution in [2.24, 2.45) is 0 Å². The van der Waals surface area contributed by atoms with E-state index in [1.807, 2.05) is 0 Å². The molecule has 0 aromatic rings. The number of ether oxygens (including phenoxy) is 2. The molecule has 2 N–H and O–H groups in total. The second-order valence-corrected chi connectivity index (χ2v) is 6.42. The number of aliphatic hydroxyl groups excluding tert-OH is 1. The Bertz CT molecular complexity index is 427. The Labute approximate surface area is 109 Å². The fraction of sp³-hybridized carbons (Fsp3) is 0.889. The molecule has 7 nitrogen and oxygen atoms in total. The highest BCUT2D eigenvalue weighted by Gasteiger charge is 2.42. The molecule has 0 bridgehead atoms. The van der Waals surface area contributed by atoms with Crippen molar-refractivity contribution in [3.05, 3.63) is 0 Å². The Morgan fingerprint density at radius 2 is 2.17 bits per heavy atom. The number of rotatable bonds is 4. The third kappa shape index (κ3) is 2.77. The molecule has 0 spiro atoms. The topological polar surface area (TPSA) is 102 Å². The van der Waals surface area contributed by atoms with Gasteiger partial charge in [-0.15, -0.1) is 11.6 Å². The lowest BCUT2D eigenvalue weighted by Crippen LogP contribution is -2.48. The van der Waals surface area contributed by atoms with Crippen molar-refractivity contribution in [2.75, 3.05) is 12.5 Å². The standard InChI is InChI=1S/C9H14ClNO6S/c10-3-5-1-2-7(17-5)18(14,15)11-8-6(12)4-16-9(8)13/h5-8,11-12H,1-4H2.